The fourth-order valence-electron chi connectivity index (χ4n) is 1.40. The van der Waals surface area contributed by atoms with Crippen LogP contribution in [0.5, 0.6) is 5.75 Å². The number of benzene rings is 1. The molecule has 1 aliphatic rings. The number of nitrogens with two attached hydrogens (primary N) is 1. The summed E-state index contributed by atoms with van der Waals surface area (Å²) in [5, 5.41) is 0. The van der Waals surface area contributed by atoms with Gasteiger partial charge in [-0.25, -0.2) is 4.99 Å². The fourth-order valence-corrected chi connectivity index (χ4v) is 1.40. The number of hydrogen-bond donors (Lipinski definition) is 1. The van der Waals surface area contributed by atoms with E-state index in [1.807, 2.05) is 31.2 Å². The van der Waals surface area contributed by atoms with Crippen LogP contribution in [0.4, 0.5) is 5.69 Å². The molecule has 0 aliphatic heterocycles. The van der Waals surface area contributed by atoms with Crippen molar-refractivity contribution in [3.8, 4) is 5.75 Å². The number of amidine groups is 1. The van der Waals surface area contributed by atoms with Gasteiger partial charge in [0.2, 0.25) is 0 Å². The Balaban J connectivity index is 2.05. The van der Waals surface area contributed by atoms with Gasteiger partial charge in [0.25, 0.3) is 0 Å². The van der Waals surface area contributed by atoms with Crippen molar-refractivity contribution in [1.29, 1.82) is 0 Å². The van der Waals surface area contributed by atoms with Gasteiger partial charge in [-0.2, -0.15) is 0 Å². The SMILES string of the molecule is CCOc1ccc(N=C(N)C2CC2)cc1. The number of hydrogen-bond acceptors (Lipinski definition) is 2. The summed E-state index contributed by atoms with van der Waals surface area (Å²) >= 11 is 0. The minimum absolute atomic E-state index is 0.525. The minimum atomic E-state index is 0.525. The second kappa shape index (κ2) is 4.34. The van der Waals surface area contributed by atoms with Crippen molar-refractivity contribution in [3.63, 3.8) is 0 Å². The van der Waals surface area contributed by atoms with Crippen LogP contribution in [-0.4, -0.2) is 12.4 Å². The summed E-state index contributed by atoms with van der Waals surface area (Å²) in [7, 11) is 0. The van der Waals surface area contributed by atoms with Crippen LogP contribution in [0.2, 0.25) is 0 Å². The molecule has 3 nitrogen and oxygen atoms in total. The van der Waals surface area contributed by atoms with Crippen molar-refractivity contribution >= 4 is 11.5 Å². The maximum Gasteiger partial charge on any atom is 0.119 e. The summed E-state index contributed by atoms with van der Waals surface area (Å²) in [6, 6.07) is 7.70. The summed E-state index contributed by atoms with van der Waals surface area (Å²) in [4.78, 5) is 4.36. The van der Waals surface area contributed by atoms with Crippen molar-refractivity contribution in [1.82, 2.24) is 0 Å². The Morgan fingerprint density at radius 3 is 2.60 bits per heavy atom. The molecule has 1 aromatic rings. The molecule has 80 valence electrons. The Bertz CT molecular complexity index is 352. The molecule has 2 rings (SSSR count). The average molecular weight is 204 g/mol. The topological polar surface area (TPSA) is 47.6 Å². The molecule has 15 heavy (non-hydrogen) atoms. The van der Waals surface area contributed by atoms with Gasteiger partial charge in [0.05, 0.1) is 12.3 Å². The van der Waals surface area contributed by atoms with Gasteiger partial charge in [-0.3, -0.25) is 0 Å². The molecule has 1 saturated carbocycles. The van der Waals surface area contributed by atoms with Crippen LogP contribution in [0.3, 0.4) is 0 Å². The quantitative estimate of drug-likeness (QED) is 0.605. The fraction of sp³-hybridized carbons (Fsp3) is 0.417. The normalized spacial score (nSPS) is 16.5. The third-order valence-corrected chi connectivity index (χ3v) is 2.40. The van der Waals surface area contributed by atoms with Gasteiger partial charge < -0.3 is 10.5 Å². The zero-order chi connectivity index (χ0) is 10.7. The maximum atomic E-state index is 5.83. The highest BCUT2D eigenvalue weighted by Gasteiger charge is 2.25. The van der Waals surface area contributed by atoms with Gasteiger partial charge >= 0.3 is 0 Å². The molecular weight excluding hydrogens is 188 g/mol. The lowest BCUT2D eigenvalue weighted by Crippen LogP contribution is -2.12. The Morgan fingerprint density at radius 1 is 1.40 bits per heavy atom. The summed E-state index contributed by atoms with van der Waals surface area (Å²) in [5.41, 5.74) is 6.73. The molecule has 0 atom stereocenters. The van der Waals surface area contributed by atoms with Gasteiger partial charge in [-0.15, -0.1) is 0 Å². The van der Waals surface area contributed by atoms with Crippen LogP contribution in [0.15, 0.2) is 29.3 Å². The highest BCUT2D eigenvalue weighted by Crippen LogP contribution is 2.30. The van der Waals surface area contributed by atoms with E-state index >= 15 is 0 Å². The van der Waals surface area contributed by atoms with Crippen molar-refractivity contribution in [2.45, 2.75) is 19.8 Å². The average Bonchev–Trinajstić information content (AvgIpc) is 3.04. The summed E-state index contributed by atoms with van der Waals surface area (Å²) in [6.45, 7) is 2.66. The molecule has 0 heterocycles. The standard InChI is InChI=1S/C12H16N2O/c1-2-15-11-7-5-10(6-8-11)14-12(13)9-3-4-9/h5-9H,2-4H2,1H3,(H2,13,14). The van der Waals surface area contributed by atoms with Crippen LogP contribution in [0, 0.1) is 5.92 Å². The number of ether oxygens (including phenoxy) is 1. The molecule has 1 aliphatic carbocycles. The second-order valence-electron chi connectivity index (χ2n) is 3.74. The zero-order valence-electron chi connectivity index (χ0n) is 8.94. The zero-order valence-corrected chi connectivity index (χ0v) is 8.94. The Labute approximate surface area is 90.0 Å². The number of aliphatic imine (C=N–C) groups is 1. The van der Waals surface area contributed by atoms with Crippen LogP contribution in [0.25, 0.3) is 0 Å². The van der Waals surface area contributed by atoms with Crippen molar-refractivity contribution < 1.29 is 4.74 Å². The van der Waals surface area contributed by atoms with E-state index in [4.69, 9.17) is 10.5 Å². The Kier molecular flexibility index (Phi) is 2.90. The molecule has 0 bridgehead atoms. The molecule has 3 heteroatoms. The van der Waals surface area contributed by atoms with Gasteiger partial charge in [0.15, 0.2) is 0 Å². The second-order valence-corrected chi connectivity index (χ2v) is 3.74. The predicted octanol–water partition coefficient (Wildman–Crippen LogP) is 2.48. The highest BCUT2D eigenvalue weighted by atomic mass is 16.5. The highest BCUT2D eigenvalue weighted by molar-refractivity contribution is 5.87. The van der Waals surface area contributed by atoms with E-state index in [-0.39, 0.29) is 0 Å². The molecule has 1 aromatic carbocycles. The first-order chi connectivity index (χ1) is 7.29. The van der Waals surface area contributed by atoms with Gasteiger partial charge in [-0.05, 0) is 44.0 Å². The van der Waals surface area contributed by atoms with Crippen molar-refractivity contribution in [3.05, 3.63) is 24.3 Å². The Morgan fingerprint density at radius 2 is 2.07 bits per heavy atom. The molecule has 0 aromatic heterocycles. The van der Waals surface area contributed by atoms with Gasteiger partial charge in [0.1, 0.15) is 11.6 Å². The third kappa shape index (κ3) is 2.72. The van der Waals surface area contributed by atoms with Crippen molar-refractivity contribution in [2.75, 3.05) is 6.61 Å². The molecule has 2 N–H and O–H groups in total. The van der Waals surface area contributed by atoms with Gasteiger partial charge in [-0.1, -0.05) is 0 Å². The molecule has 1 fully saturated rings. The molecule has 0 amide bonds. The smallest absolute Gasteiger partial charge is 0.119 e. The Hall–Kier alpha value is -1.51. The third-order valence-electron chi connectivity index (χ3n) is 2.40. The van der Waals surface area contributed by atoms with Crippen LogP contribution < -0.4 is 10.5 Å². The minimum Gasteiger partial charge on any atom is -0.494 e. The van der Waals surface area contributed by atoms with E-state index in [1.54, 1.807) is 0 Å². The molecule has 0 spiro atoms. The summed E-state index contributed by atoms with van der Waals surface area (Å²) in [5.74, 6) is 2.16. The van der Waals surface area contributed by atoms with E-state index < -0.39 is 0 Å². The van der Waals surface area contributed by atoms with Crippen molar-refractivity contribution in [2.24, 2.45) is 16.6 Å². The van der Waals surface area contributed by atoms with E-state index in [1.165, 1.54) is 12.8 Å². The summed E-state index contributed by atoms with van der Waals surface area (Å²) < 4.78 is 5.35. The van der Waals surface area contributed by atoms with E-state index in [9.17, 15) is 0 Å². The van der Waals surface area contributed by atoms with Crippen LogP contribution in [0.1, 0.15) is 19.8 Å². The molecular formula is C12H16N2O. The van der Waals surface area contributed by atoms with Gasteiger partial charge in [0, 0.05) is 5.92 Å². The van der Waals surface area contributed by atoms with E-state index in [2.05, 4.69) is 4.99 Å². The summed E-state index contributed by atoms with van der Waals surface area (Å²) in [6.07, 6.45) is 2.37. The van der Waals surface area contributed by atoms with E-state index in [0.29, 0.717) is 12.5 Å². The largest absolute Gasteiger partial charge is 0.494 e. The maximum absolute atomic E-state index is 5.83. The molecule has 0 radical (unpaired) electrons. The lowest BCUT2D eigenvalue weighted by Gasteiger charge is -2.02. The number of nitrogens with zero attached hydrogens (tertiary/aromatic N) is 1. The predicted molar refractivity (Wildman–Crippen MR) is 61.6 cm³/mol. The first-order valence-corrected chi connectivity index (χ1v) is 5.36. The first kappa shape index (κ1) is 10.0. The lowest BCUT2D eigenvalue weighted by atomic mass is 10.3. The lowest BCUT2D eigenvalue weighted by molar-refractivity contribution is 0.340. The first-order valence-electron chi connectivity index (χ1n) is 5.36. The van der Waals surface area contributed by atoms with E-state index in [0.717, 1.165) is 17.3 Å². The molecule has 0 saturated heterocycles. The van der Waals surface area contributed by atoms with Crippen LogP contribution >= 0.6 is 0 Å². The molecule has 0 unspecified atom stereocenters. The monoisotopic (exact) mass is 204 g/mol. The number of rotatable bonds is 4. The van der Waals surface area contributed by atoms with Crippen LogP contribution in [-0.2, 0) is 0 Å².